The van der Waals surface area contributed by atoms with Gasteiger partial charge in [0.1, 0.15) is 0 Å². The number of halogens is 1. The van der Waals surface area contributed by atoms with Gasteiger partial charge >= 0.3 is 5.97 Å². The fraction of sp³-hybridized carbons (Fsp3) is 0.875. The van der Waals surface area contributed by atoms with E-state index in [1.165, 1.54) is 0 Å². The molecule has 0 aromatic rings. The Kier molecular flexibility index (Phi) is 4.76. The lowest BCUT2D eigenvalue weighted by Gasteiger charge is -2.31. The van der Waals surface area contributed by atoms with Gasteiger partial charge in [-0.25, -0.2) is 4.79 Å². The van der Waals surface area contributed by atoms with Crippen LogP contribution >= 0.6 is 35.1 Å². The first kappa shape index (κ1) is 11.5. The third kappa shape index (κ3) is 2.96. The minimum Gasteiger partial charge on any atom is -0.480 e. The minimum absolute atomic E-state index is 0.552. The molecular formula is C8H13ClO2S2. The number of thioether (sulfide) groups is 2. The van der Waals surface area contributed by atoms with Crippen molar-refractivity contribution in [2.75, 3.05) is 17.4 Å². The van der Waals surface area contributed by atoms with Crippen LogP contribution in [0.4, 0.5) is 0 Å². The molecular weight excluding hydrogens is 228 g/mol. The summed E-state index contributed by atoms with van der Waals surface area (Å²) in [6, 6.07) is 0. The lowest BCUT2D eigenvalue weighted by Crippen LogP contribution is -2.34. The van der Waals surface area contributed by atoms with Crippen molar-refractivity contribution < 1.29 is 9.90 Å². The lowest BCUT2D eigenvalue weighted by atomic mass is 10.2. The number of hydrogen-bond donors (Lipinski definition) is 1. The molecule has 1 aliphatic heterocycles. The molecule has 0 spiro atoms. The van der Waals surface area contributed by atoms with E-state index in [1.807, 2.05) is 0 Å². The molecule has 0 aliphatic carbocycles. The van der Waals surface area contributed by atoms with Crippen LogP contribution in [0.3, 0.4) is 0 Å². The smallest absolute Gasteiger partial charge is 0.330 e. The average molecular weight is 241 g/mol. The van der Waals surface area contributed by atoms with Crippen molar-refractivity contribution >= 4 is 41.1 Å². The van der Waals surface area contributed by atoms with Gasteiger partial charge < -0.3 is 5.11 Å². The van der Waals surface area contributed by atoms with E-state index in [9.17, 15) is 4.79 Å². The van der Waals surface area contributed by atoms with E-state index < -0.39 is 10.0 Å². The van der Waals surface area contributed by atoms with E-state index in [1.54, 1.807) is 23.5 Å². The maximum Gasteiger partial charge on any atom is 0.330 e. The largest absolute Gasteiger partial charge is 0.480 e. The van der Waals surface area contributed by atoms with Gasteiger partial charge in [0.25, 0.3) is 0 Å². The maximum absolute atomic E-state index is 11.1. The van der Waals surface area contributed by atoms with Crippen LogP contribution in [0.1, 0.15) is 19.3 Å². The molecule has 13 heavy (non-hydrogen) atoms. The van der Waals surface area contributed by atoms with E-state index in [-0.39, 0.29) is 0 Å². The molecule has 0 aromatic carbocycles. The second-order valence-electron chi connectivity index (χ2n) is 2.90. The summed E-state index contributed by atoms with van der Waals surface area (Å²) in [5.41, 5.74) is 0. The topological polar surface area (TPSA) is 37.3 Å². The molecule has 0 bridgehead atoms. The molecule has 0 atom stereocenters. The molecule has 1 rings (SSSR count). The maximum atomic E-state index is 11.1. The summed E-state index contributed by atoms with van der Waals surface area (Å²) < 4.78 is -0.604. The van der Waals surface area contributed by atoms with Gasteiger partial charge in [-0.05, 0) is 30.8 Å². The highest BCUT2D eigenvalue weighted by Gasteiger charge is 2.40. The molecule has 0 aromatic heterocycles. The van der Waals surface area contributed by atoms with Gasteiger partial charge in [-0.1, -0.05) is 0 Å². The van der Waals surface area contributed by atoms with Gasteiger partial charge in [-0.2, -0.15) is 0 Å². The van der Waals surface area contributed by atoms with Gasteiger partial charge in [0.05, 0.1) is 0 Å². The van der Waals surface area contributed by atoms with Crippen LogP contribution in [-0.2, 0) is 4.79 Å². The van der Waals surface area contributed by atoms with Crippen LogP contribution in [0.25, 0.3) is 0 Å². The van der Waals surface area contributed by atoms with Crippen molar-refractivity contribution in [3.05, 3.63) is 0 Å². The van der Waals surface area contributed by atoms with Crippen molar-refractivity contribution in [1.82, 2.24) is 0 Å². The average Bonchev–Trinajstić information content (AvgIpc) is 2.16. The zero-order chi connectivity index (χ0) is 9.73. The number of alkyl halides is 1. The highest BCUT2D eigenvalue weighted by Crippen LogP contribution is 2.45. The van der Waals surface area contributed by atoms with Crippen molar-refractivity contribution in [3.63, 3.8) is 0 Å². The Morgan fingerprint density at radius 2 is 2.08 bits per heavy atom. The molecule has 1 aliphatic rings. The quantitative estimate of drug-likeness (QED) is 0.767. The normalized spacial score (nSPS) is 21.3. The Bertz CT molecular complexity index is 181. The molecule has 1 fully saturated rings. The summed E-state index contributed by atoms with van der Waals surface area (Å²) in [6.45, 7) is 0. The minimum atomic E-state index is -0.688. The summed E-state index contributed by atoms with van der Waals surface area (Å²) in [5.74, 6) is 1.78. The molecule has 1 N–H and O–H groups in total. The Morgan fingerprint density at radius 3 is 2.54 bits per heavy atom. The van der Waals surface area contributed by atoms with Crippen molar-refractivity contribution in [3.8, 4) is 0 Å². The summed E-state index contributed by atoms with van der Waals surface area (Å²) >= 11 is 8.70. The number of carboxylic acid groups (broad SMARTS) is 1. The highest BCUT2D eigenvalue weighted by molar-refractivity contribution is 8.19. The predicted octanol–water partition coefficient (Wildman–Crippen LogP) is 2.66. The third-order valence-corrected chi connectivity index (χ3v) is 5.57. The van der Waals surface area contributed by atoms with Gasteiger partial charge in [0.15, 0.2) is 4.08 Å². The predicted molar refractivity (Wildman–Crippen MR) is 59.9 cm³/mol. The Labute approximate surface area is 91.8 Å². The molecule has 0 amide bonds. The lowest BCUT2D eigenvalue weighted by molar-refractivity contribution is -0.137. The van der Waals surface area contributed by atoms with Crippen molar-refractivity contribution in [1.29, 1.82) is 0 Å². The molecule has 0 saturated carbocycles. The van der Waals surface area contributed by atoms with Crippen LogP contribution in [0.2, 0.25) is 0 Å². The van der Waals surface area contributed by atoms with E-state index in [0.29, 0.717) is 12.3 Å². The standard InChI is InChI=1S/C8H13ClO2S2/c9-4-1-3-8(7(10)11)12-5-2-6-13-8/h1-6H2,(H,10,11). The van der Waals surface area contributed by atoms with E-state index >= 15 is 0 Å². The summed E-state index contributed by atoms with van der Waals surface area (Å²) in [4.78, 5) is 11.1. The second-order valence-corrected chi connectivity index (χ2v) is 6.33. The zero-order valence-electron chi connectivity index (χ0n) is 7.29. The van der Waals surface area contributed by atoms with Gasteiger partial charge in [0.2, 0.25) is 0 Å². The molecule has 2 nitrogen and oxygen atoms in total. The Morgan fingerprint density at radius 1 is 1.46 bits per heavy atom. The van der Waals surface area contributed by atoms with Crippen LogP contribution < -0.4 is 0 Å². The molecule has 1 heterocycles. The number of aliphatic carboxylic acids is 1. The van der Waals surface area contributed by atoms with Crippen LogP contribution in [0, 0.1) is 0 Å². The summed E-state index contributed by atoms with van der Waals surface area (Å²) in [6.07, 6.45) is 2.58. The van der Waals surface area contributed by atoms with Crippen LogP contribution in [0.5, 0.6) is 0 Å². The van der Waals surface area contributed by atoms with Crippen molar-refractivity contribution in [2.45, 2.75) is 23.3 Å². The van der Waals surface area contributed by atoms with E-state index in [4.69, 9.17) is 16.7 Å². The summed E-state index contributed by atoms with van der Waals surface area (Å²) in [5, 5.41) is 9.13. The number of rotatable bonds is 4. The Hall–Kier alpha value is 0.460. The van der Waals surface area contributed by atoms with Crippen LogP contribution in [0.15, 0.2) is 0 Å². The Balaban J connectivity index is 2.56. The molecule has 0 unspecified atom stereocenters. The molecule has 76 valence electrons. The number of hydrogen-bond acceptors (Lipinski definition) is 3. The SMILES string of the molecule is O=C(O)C1(CCCCl)SCCCS1. The first-order chi connectivity index (χ1) is 6.21. The van der Waals surface area contributed by atoms with Crippen LogP contribution in [-0.4, -0.2) is 32.5 Å². The first-order valence-corrected chi connectivity index (χ1v) is 6.79. The zero-order valence-corrected chi connectivity index (χ0v) is 9.68. The summed E-state index contributed by atoms with van der Waals surface area (Å²) in [7, 11) is 0. The van der Waals surface area contributed by atoms with E-state index in [0.717, 1.165) is 24.3 Å². The number of carbonyl (C=O) groups is 1. The highest BCUT2D eigenvalue weighted by atomic mass is 35.5. The molecule has 1 saturated heterocycles. The number of carboxylic acids is 1. The van der Waals surface area contributed by atoms with Gasteiger partial charge in [-0.15, -0.1) is 35.1 Å². The van der Waals surface area contributed by atoms with Gasteiger partial charge in [0, 0.05) is 5.88 Å². The van der Waals surface area contributed by atoms with Crippen molar-refractivity contribution in [2.24, 2.45) is 0 Å². The fourth-order valence-electron chi connectivity index (χ4n) is 1.25. The second kappa shape index (κ2) is 5.37. The molecule has 0 radical (unpaired) electrons. The van der Waals surface area contributed by atoms with Gasteiger partial charge in [-0.3, -0.25) is 0 Å². The fourth-order valence-corrected chi connectivity index (χ4v) is 4.46. The molecule has 5 heteroatoms. The first-order valence-electron chi connectivity index (χ1n) is 4.28. The third-order valence-electron chi connectivity index (χ3n) is 1.92. The monoisotopic (exact) mass is 240 g/mol. The van der Waals surface area contributed by atoms with E-state index in [2.05, 4.69) is 0 Å².